The number of rotatable bonds is 7. The second-order valence-electron chi connectivity index (χ2n) is 13.0. The Bertz CT molecular complexity index is 1540. The van der Waals surface area contributed by atoms with Crippen LogP contribution in [0, 0.1) is 11.3 Å². The number of nitrogens with two attached hydrogens (primary N) is 1. The Morgan fingerprint density at radius 3 is 2.81 bits per heavy atom. The number of nitrogens with zero attached hydrogens (tertiary/aromatic N) is 6. The van der Waals surface area contributed by atoms with Gasteiger partial charge in [0.05, 0.1) is 16.6 Å². The molecule has 42 heavy (non-hydrogen) atoms. The van der Waals surface area contributed by atoms with Gasteiger partial charge in [0.1, 0.15) is 18.0 Å². The smallest absolute Gasteiger partial charge is 0.219 e. The first-order chi connectivity index (χ1) is 20.0. The quantitative estimate of drug-likeness (QED) is 0.396. The van der Waals surface area contributed by atoms with Gasteiger partial charge >= 0.3 is 0 Å². The van der Waals surface area contributed by atoms with Crippen molar-refractivity contribution in [1.82, 2.24) is 20.0 Å². The van der Waals surface area contributed by atoms with Crippen molar-refractivity contribution in [1.29, 1.82) is 5.26 Å². The Kier molecular flexibility index (Phi) is 7.14. The molecule has 10 heteroatoms. The highest BCUT2D eigenvalue weighted by Gasteiger charge is 2.49. The molecule has 3 heterocycles. The van der Waals surface area contributed by atoms with Crippen LogP contribution in [0.3, 0.4) is 0 Å². The van der Waals surface area contributed by atoms with Crippen LogP contribution < -0.4 is 15.4 Å². The number of ether oxygens (including phenoxy) is 1. The van der Waals surface area contributed by atoms with Gasteiger partial charge in [-0.1, -0.05) is 11.2 Å². The summed E-state index contributed by atoms with van der Waals surface area (Å²) >= 11 is 0. The number of fused-ring (bicyclic) bond motifs is 4. The molecule has 1 saturated heterocycles. The molecule has 3 unspecified atom stereocenters. The minimum atomic E-state index is -0.920. The molecule has 1 aromatic carbocycles. The third kappa shape index (κ3) is 4.88. The summed E-state index contributed by atoms with van der Waals surface area (Å²) in [6.07, 6.45) is 6.45. The fourth-order valence-electron chi connectivity index (χ4n) is 7.50. The first-order valence-electron chi connectivity index (χ1n) is 15.0. The number of nitrogen functional groups attached to an aromatic ring is 1. The largest absolute Gasteiger partial charge is 0.473 e. The van der Waals surface area contributed by atoms with Crippen LogP contribution in [0.1, 0.15) is 80.9 Å². The van der Waals surface area contributed by atoms with Gasteiger partial charge in [0.15, 0.2) is 17.3 Å². The molecule has 3 aromatic rings. The van der Waals surface area contributed by atoms with E-state index in [0.717, 1.165) is 73.9 Å². The van der Waals surface area contributed by atoms with Gasteiger partial charge in [-0.25, -0.2) is 4.98 Å². The van der Waals surface area contributed by atoms with Gasteiger partial charge in [-0.15, -0.1) is 0 Å². The lowest BCUT2D eigenvalue weighted by Crippen LogP contribution is -2.38. The van der Waals surface area contributed by atoms with Crippen LogP contribution in [0.5, 0.6) is 5.88 Å². The maximum atomic E-state index is 10.5. The van der Waals surface area contributed by atoms with Crippen molar-refractivity contribution in [2.24, 2.45) is 0 Å². The minimum Gasteiger partial charge on any atom is -0.473 e. The fraction of sp³-hybridized carbons (Fsp3) is 0.562. The molecule has 0 bridgehead atoms. The van der Waals surface area contributed by atoms with Crippen LogP contribution in [-0.2, 0) is 18.3 Å². The Morgan fingerprint density at radius 1 is 1.29 bits per heavy atom. The predicted octanol–water partition coefficient (Wildman–Crippen LogP) is 4.22. The average Bonchev–Trinajstić information content (AvgIpc) is 3.66. The molecular formula is C32H41N7O3. The zero-order valence-corrected chi connectivity index (χ0v) is 25.3. The molecule has 2 aromatic heterocycles. The lowest BCUT2D eigenvalue weighted by Gasteiger charge is -2.33. The van der Waals surface area contributed by atoms with Gasteiger partial charge in [0, 0.05) is 37.0 Å². The van der Waals surface area contributed by atoms with Gasteiger partial charge in [-0.3, -0.25) is 4.90 Å². The van der Waals surface area contributed by atoms with Crippen LogP contribution in [-0.4, -0.2) is 70.1 Å². The highest BCUT2D eigenvalue weighted by Crippen LogP contribution is 2.54. The van der Waals surface area contributed by atoms with Gasteiger partial charge < -0.3 is 25.0 Å². The van der Waals surface area contributed by atoms with Crippen molar-refractivity contribution >= 4 is 11.5 Å². The molecule has 0 amide bonds. The molecule has 1 spiro atoms. The molecule has 2 aliphatic carbocycles. The zero-order chi connectivity index (χ0) is 29.8. The molecule has 0 radical (unpaired) electrons. The summed E-state index contributed by atoms with van der Waals surface area (Å²) in [7, 11) is 4.04. The van der Waals surface area contributed by atoms with Crippen molar-refractivity contribution in [3.63, 3.8) is 0 Å². The maximum Gasteiger partial charge on any atom is 0.219 e. The minimum absolute atomic E-state index is 0.0629. The molecule has 3 aliphatic rings. The number of nitriles is 1. The lowest BCUT2D eigenvalue weighted by molar-refractivity contribution is 0.0883. The van der Waals surface area contributed by atoms with Crippen molar-refractivity contribution < 1.29 is 14.4 Å². The number of anilines is 2. The summed E-state index contributed by atoms with van der Waals surface area (Å²) in [4.78, 5) is 14.0. The number of hydrogen-bond acceptors (Lipinski definition) is 10. The Labute approximate surface area is 247 Å². The van der Waals surface area contributed by atoms with Crippen LogP contribution in [0.2, 0.25) is 0 Å². The van der Waals surface area contributed by atoms with E-state index in [1.165, 1.54) is 0 Å². The SMILES string of the molecule is CC(Oc1cc(N(C)CC(C)(C)O)nc(-c2noc3c2CCCC32CCc3ccc(N)c(C#N)c32)n1)C1CCCN1C. The standard InChI is InChI=1S/C32H41N7O3/c1-19(24-9-7-15-38(24)4)41-26-16-25(39(5)18-31(2,3)40)35-30(36-26)28-21-8-6-13-32(29(21)42-37-28)14-12-20-10-11-23(34)22(17-33)27(20)32/h10-11,16,19,24,40H,6-9,12-15,18,34H2,1-5H3. The van der Waals surface area contributed by atoms with Crippen molar-refractivity contribution in [3.05, 3.63) is 46.2 Å². The predicted molar refractivity (Wildman–Crippen MR) is 160 cm³/mol. The van der Waals surface area contributed by atoms with Crippen LogP contribution >= 0.6 is 0 Å². The second kappa shape index (κ2) is 10.5. The average molecular weight is 572 g/mol. The number of aryl methyl sites for hydroxylation is 1. The van der Waals surface area contributed by atoms with E-state index < -0.39 is 11.0 Å². The summed E-state index contributed by atoms with van der Waals surface area (Å²) in [5.74, 6) is 2.34. The number of likely N-dealkylation sites (tertiary alicyclic amines) is 1. The van der Waals surface area contributed by atoms with Crippen LogP contribution in [0.15, 0.2) is 22.7 Å². The fourth-order valence-corrected chi connectivity index (χ4v) is 7.50. The van der Waals surface area contributed by atoms with E-state index in [1.54, 1.807) is 13.8 Å². The summed E-state index contributed by atoms with van der Waals surface area (Å²) in [6.45, 7) is 7.07. The van der Waals surface area contributed by atoms with E-state index in [9.17, 15) is 10.4 Å². The monoisotopic (exact) mass is 571 g/mol. The summed E-state index contributed by atoms with van der Waals surface area (Å²) < 4.78 is 12.7. The molecule has 3 N–H and O–H groups in total. The van der Waals surface area contributed by atoms with Gasteiger partial charge in [-0.2, -0.15) is 10.2 Å². The van der Waals surface area contributed by atoms with Crippen molar-refractivity contribution in [3.8, 4) is 23.5 Å². The molecule has 1 aliphatic heterocycles. The first kappa shape index (κ1) is 28.4. The van der Waals surface area contributed by atoms with E-state index in [1.807, 2.05) is 30.1 Å². The lowest BCUT2D eigenvalue weighted by atomic mass is 9.68. The molecule has 222 valence electrons. The highest BCUT2D eigenvalue weighted by molar-refractivity contribution is 5.68. The number of benzene rings is 1. The molecule has 6 rings (SSSR count). The third-order valence-corrected chi connectivity index (χ3v) is 9.33. The highest BCUT2D eigenvalue weighted by atomic mass is 16.5. The molecular weight excluding hydrogens is 530 g/mol. The van der Waals surface area contributed by atoms with E-state index >= 15 is 0 Å². The summed E-state index contributed by atoms with van der Waals surface area (Å²) in [5.41, 5.74) is 9.70. The Balaban J connectivity index is 1.43. The van der Waals surface area contributed by atoms with Crippen molar-refractivity contribution in [2.45, 2.75) is 88.9 Å². The normalized spacial score (nSPS) is 22.5. The second-order valence-corrected chi connectivity index (χ2v) is 13.0. The topological polar surface area (TPSA) is 138 Å². The van der Waals surface area contributed by atoms with Crippen LogP contribution in [0.4, 0.5) is 11.5 Å². The van der Waals surface area contributed by atoms with E-state index in [2.05, 4.69) is 30.1 Å². The Hall–Kier alpha value is -3.68. The van der Waals surface area contributed by atoms with Crippen molar-refractivity contribution in [2.75, 3.05) is 37.8 Å². The first-order valence-corrected chi connectivity index (χ1v) is 15.0. The molecule has 1 fully saturated rings. The maximum absolute atomic E-state index is 10.5. The third-order valence-electron chi connectivity index (χ3n) is 9.33. The van der Waals surface area contributed by atoms with Gasteiger partial charge in [-0.05, 0) is 96.5 Å². The van der Waals surface area contributed by atoms with Gasteiger partial charge in [0.25, 0.3) is 0 Å². The number of aliphatic hydroxyl groups is 1. The molecule has 10 nitrogen and oxygen atoms in total. The van der Waals surface area contributed by atoms with E-state index in [0.29, 0.717) is 47.1 Å². The van der Waals surface area contributed by atoms with E-state index in [4.69, 9.17) is 25.0 Å². The zero-order valence-electron chi connectivity index (χ0n) is 25.3. The molecule has 0 saturated carbocycles. The number of hydrogen-bond donors (Lipinski definition) is 2. The summed E-state index contributed by atoms with van der Waals surface area (Å²) in [5, 5.41) is 25.2. The molecule has 3 atom stereocenters. The van der Waals surface area contributed by atoms with Crippen LogP contribution in [0.25, 0.3) is 11.5 Å². The number of likely N-dealkylation sites (N-methyl/N-ethyl adjacent to an activating group) is 2. The van der Waals surface area contributed by atoms with E-state index in [-0.39, 0.29) is 6.10 Å². The Morgan fingerprint density at radius 2 is 2.10 bits per heavy atom. The number of aromatic nitrogens is 3. The summed E-state index contributed by atoms with van der Waals surface area (Å²) in [6, 6.07) is 8.40. The van der Waals surface area contributed by atoms with Gasteiger partial charge in [0.2, 0.25) is 5.88 Å².